The van der Waals surface area contributed by atoms with E-state index in [9.17, 15) is 19.1 Å². The van der Waals surface area contributed by atoms with Crippen molar-refractivity contribution >= 4 is 23.7 Å². The molecule has 0 saturated carbocycles. The molecule has 0 spiro atoms. The summed E-state index contributed by atoms with van der Waals surface area (Å²) in [4.78, 5) is 24.8. The van der Waals surface area contributed by atoms with Gasteiger partial charge < -0.3 is 14.6 Å². The molecule has 0 amide bonds. The predicted molar refractivity (Wildman–Crippen MR) is 109 cm³/mol. The Morgan fingerprint density at radius 2 is 2.24 bits per heavy atom. The van der Waals surface area contributed by atoms with Crippen molar-refractivity contribution in [2.24, 2.45) is 0 Å². The zero-order valence-corrected chi connectivity index (χ0v) is 17.8. The van der Waals surface area contributed by atoms with E-state index in [0.717, 1.165) is 29.7 Å². The van der Waals surface area contributed by atoms with Crippen LogP contribution >= 0.6 is 11.8 Å². The second-order valence-electron chi connectivity index (χ2n) is 7.69. The quantitative estimate of drug-likeness (QED) is 0.479. The Hall–Kier alpha value is -1.64. The molecule has 29 heavy (non-hydrogen) atoms. The van der Waals surface area contributed by atoms with Crippen LogP contribution in [0.3, 0.4) is 0 Å². The van der Waals surface area contributed by atoms with Gasteiger partial charge >= 0.3 is 11.9 Å². The molecule has 0 radical (unpaired) electrons. The number of hydrogen-bond acceptors (Lipinski definition) is 7. The maximum Gasteiger partial charge on any atom is 0.339 e. The van der Waals surface area contributed by atoms with Gasteiger partial charge in [-0.05, 0) is 57.4 Å². The van der Waals surface area contributed by atoms with Crippen molar-refractivity contribution in [1.29, 1.82) is 0 Å². The number of rotatable bonds is 7. The van der Waals surface area contributed by atoms with Gasteiger partial charge in [0, 0.05) is 16.7 Å². The molecule has 4 atom stereocenters. The first-order valence-electron chi connectivity index (χ1n) is 10.0. The molecule has 0 aromatic heterocycles. The third-order valence-electron chi connectivity index (χ3n) is 5.55. The smallest absolute Gasteiger partial charge is 0.339 e. The lowest BCUT2D eigenvalue weighted by Gasteiger charge is -2.32. The Labute approximate surface area is 174 Å². The van der Waals surface area contributed by atoms with Gasteiger partial charge in [0.15, 0.2) is 6.10 Å². The van der Waals surface area contributed by atoms with Gasteiger partial charge in [-0.3, -0.25) is 10.1 Å². The molecular formula is C21H28FNO5S. The van der Waals surface area contributed by atoms with Gasteiger partial charge in [-0.25, -0.2) is 9.18 Å². The van der Waals surface area contributed by atoms with Crippen LogP contribution < -0.4 is 5.32 Å². The first kappa shape index (κ1) is 22.1. The van der Waals surface area contributed by atoms with Crippen molar-refractivity contribution in [3.05, 3.63) is 34.7 Å². The van der Waals surface area contributed by atoms with Gasteiger partial charge in [0.05, 0.1) is 12.2 Å². The topological polar surface area (TPSA) is 84.9 Å². The Kier molecular flexibility index (Phi) is 6.86. The molecule has 4 unspecified atom stereocenters. The van der Waals surface area contributed by atoms with Crippen LogP contribution in [0.4, 0.5) is 4.39 Å². The molecule has 3 rings (SSSR count). The summed E-state index contributed by atoms with van der Waals surface area (Å²) in [7, 11) is 0. The average molecular weight is 426 g/mol. The van der Waals surface area contributed by atoms with E-state index >= 15 is 0 Å². The zero-order valence-electron chi connectivity index (χ0n) is 17.0. The van der Waals surface area contributed by atoms with Crippen LogP contribution in [0.25, 0.3) is 0 Å². The molecule has 2 heterocycles. The van der Waals surface area contributed by atoms with Crippen LogP contribution in [-0.2, 0) is 19.1 Å². The summed E-state index contributed by atoms with van der Waals surface area (Å²) in [5.74, 6) is -0.265. The van der Waals surface area contributed by atoms with E-state index in [1.165, 1.54) is 6.08 Å². The number of carbonyl (C=O) groups excluding carboxylic acids is 2. The number of aliphatic hydroxyl groups is 1. The highest BCUT2D eigenvalue weighted by molar-refractivity contribution is 8.01. The summed E-state index contributed by atoms with van der Waals surface area (Å²) in [6, 6.07) is -0.760. The second kappa shape index (κ2) is 9.02. The van der Waals surface area contributed by atoms with Gasteiger partial charge in [0.1, 0.15) is 18.1 Å². The number of esters is 2. The Bertz CT molecular complexity index is 769. The van der Waals surface area contributed by atoms with Crippen LogP contribution in [0.2, 0.25) is 0 Å². The summed E-state index contributed by atoms with van der Waals surface area (Å²) < 4.78 is 23.7. The van der Waals surface area contributed by atoms with Crippen molar-refractivity contribution in [2.45, 2.75) is 69.6 Å². The maximum atomic E-state index is 13.5. The highest BCUT2D eigenvalue weighted by atomic mass is 32.2. The van der Waals surface area contributed by atoms with E-state index in [1.54, 1.807) is 31.7 Å². The third-order valence-corrected chi connectivity index (χ3v) is 7.10. The lowest BCUT2D eigenvalue weighted by molar-refractivity contribution is -0.149. The van der Waals surface area contributed by atoms with E-state index in [-0.39, 0.29) is 23.6 Å². The minimum atomic E-state index is -1.26. The van der Waals surface area contributed by atoms with Crippen molar-refractivity contribution in [3.63, 3.8) is 0 Å². The molecule has 1 saturated heterocycles. The molecule has 1 aliphatic carbocycles. The molecule has 0 aromatic rings. The van der Waals surface area contributed by atoms with Crippen molar-refractivity contribution in [2.75, 3.05) is 12.4 Å². The fourth-order valence-corrected chi connectivity index (χ4v) is 5.47. The van der Waals surface area contributed by atoms with Crippen molar-refractivity contribution in [3.8, 4) is 0 Å². The highest BCUT2D eigenvalue weighted by Gasteiger charge is 2.49. The summed E-state index contributed by atoms with van der Waals surface area (Å²) in [5.41, 5.74) is 1.90. The monoisotopic (exact) mass is 425 g/mol. The largest absolute Gasteiger partial charge is 0.465 e. The lowest BCUT2D eigenvalue weighted by atomic mass is 9.84. The number of hydrogen-bond donors (Lipinski definition) is 2. The molecule has 1 fully saturated rings. The van der Waals surface area contributed by atoms with E-state index in [0.29, 0.717) is 12.0 Å². The van der Waals surface area contributed by atoms with Crippen LogP contribution in [0.15, 0.2) is 34.7 Å². The number of cyclic esters (lactones) is 1. The van der Waals surface area contributed by atoms with Gasteiger partial charge in [0.2, 0.25) is 0 Å². The summed E-state index contributed by atoms with van der Waals surface area (Å²) >= 11 is 1.73. The highest BCUT2D eigenvalue weighted by Crippen LogP contribution is 2.50. The fraction of sp³-hybridized carbons (Fsp3) is 0.619. The molecule has 6 nitrogen and oxygen atoms in total. The van der Waals surface area contributed by atoms with E-state index in [4.69, 9.17) is 9.47 Å². The zero-order chi connectivity index (χ0) is 21.2. The Morgan fingerprint density at radius 1 is 1.48 bits per heavy atom. The molecule has 0 aromatic carbocycles. The Balaban J connectivity index is 1.94. The van der Waals surface area contributed by atoms with E-state index < -0.39 is 30.3 Å². The number of thioether (sulfide) groups is 1. The average Bonchev–Trinajstić information content (AvgIpc) is 3.27. The van der Waals surface area contributed by atoms with Gasteiger partial charge in [-0.1, -0.05) is 6.08 Å². The number of carbonyl (C=O) groups is 2. The number of allylic oxidation sites excluding steroid dienone is 3. The third kappa shape index (κ3) is 4.59. The first-order chi connectivity index (χ1) is 13.8. The summed E-state index contributed by atoms with van der Waals surface area (Å²) in [5, 5.41) is 13.6. The van der Waals surface area contributed by atoms with E-state index in [2.05, 4.69) is 12.2 Å². The molecule has 3 aliphatic rings. The number of ether oxygens (including phenoxy) is 2. The number of halogens is 1. The normalized spacial score (nSPS) is 29.3. The first-order valence-corrected chi connectivity index (χ1v) is 11.0. The van der Waals surface area contributed by atoms with E-state index in [1.807, 2.05) is 0 Å². The molecule has 0 bridgehead atoms. The molecular weight excluding hydrogens is 397 g/mol. The Morgan fingerprint density at radius 3 is 2.83 bits per heavy atom. The van der Waals surface area contributed by atoms with Gasteiger partial charge in [-0.15, -0.1) is 0 Å². The summed E-state index contributed by atoms with van der Waals surface area (Å²) in [6.45, 7) is 5.59. The molecule has 8 heteroatoms. The second-order valence-corrected chi connectivity index (χ2v) is 9.29. The maximum absolute atomic E-state index is 13.5. The van der Waals surface area contributed by atoms with Gasteiger partial charge in [-0.2, -0.15) is 11.8 Å². The van der Waals surface area contributed by atoms with Crippen molar-refractivity contribution < 1.29 is 28.6 Å². The SMILES string of the molecule is CCOC(=O)C(C)NC(O)C1OC(=O)C(C2=CC=C(F)CC2)=C1C1(C)CCCS1. The fourth-order valence-electron chi connectivity index (χ4n) is 4.07. The van der Waals surface area contributed by atoms with Crippen molar-refractivity contribution in [1.82, 2.24) is 5.32 Å². The van der Waals surface area contributed by atoms with Crippen LogP contribution in [-0.4, -0.2) is 52.5 Å². The van der Waals surface area contributed by atoms with Crippen LogP contribution in [0, 0.1) is 0 Å². The molecule has 2 aliphatic heterocycles. The van der Waals surface area contributed by atoms with Crippen LogP contribution in [0.1, 0.15) is 46.5 Å². The van der Waals surface area contributed by atoms with Crippen LogP contribution in [0.5, 0.6) is 0 Å². The molecule has 2 N–H and O–H groups in total. The predicted octanol–water partition coefficient (Wildman–Crippen LogP) is 2.93. The standard InChI is InChI=1S/C21H28FNO5S/c1-4-27-19(25)12(2)23-18(24)17-16(21(3)10-5-11-29-21)15(20(26)28-17)13-6-8-14(22)9-7-13/h6,8,12,17-18,23-24H,4-5,7,9-11H2,1-3H3. The minimum absolute atomic E-state index is 0.217. The number of aliphatic hydroxyl groups excluding tert-OH is 1. The number of nitrogens with one attached hydrogen (secondary N) is 1. The summed E-state index contributed by atoms with van der Waals surface area (Å²) in [6.07, 6.45) is 3.32. The van der Waals surface area contributed by atoms with Gasteiger partial charge in [0.25, 0.3) is 0 Å². The lowest BCUT2D eigenvalue weighted by Crippen LogP contribution is -2.50. The minimum Gasteiger partial charge on any atom is -0.465 e. The molecule has 160 valence electrons.